The number of hydrogen-bond acceptors (Lipinski definition) is 5. The molecule has 114 valence electrons. The van der Waals surface area contributed by atoms with Crippen molar-refractivity contribution in [3.63, 3.8) is 0 Å². The second kappa shape index (κ2) is 6.74. The van der Waals surface area contributed by atoms with Crippen molar-refractivity contribution in [1.29, 1.82) is 0 Å². The lowest BCUT2D eigenvalue weighted by Crippen LogP contribution is -2.49. The molecule has 0 aliphatic rings. The van der Waals surface area contributed by atoms with Crippen LogP contribution in [0.15, 0.2) is 24.3 Å². The number of nitrogens with two attached hydrogens (primary N) is 1. The number of rotatable bonds is 3. The van der Waals surface area contributed by atoms with Crippen LogP contribution in [0.4, 0.5) is 10.5 Å². The number of benzene rings is 1. The van der Waals surface area contributed by atoms with Crippen LogP contribution in [-0.2, 0) is 9.53 Å². The number of carbonyl (C=O) groups excluding carboxylic acids is 3. The van der Waals surface area contributed by atoms with Gasteiger partial charge < -0.3 is 15.8 Å². The molecule has 0 bridgehead atoms. The third-order valence-electron chi connectivity index (χ3n) is 2.22. The van der Waals surface area contributed by atoms with E-state index in [9.17, 15) is 14.4 Å². The van der Waals surface area contributed by atoms with Gasteiger partial charge in [0.05, 0.1) is 5.56 Å². The van der Waals surface area contributed by atoms with E-state index in [0.717, 1.165) is 0 Å². The summed E-state index contributed by atoms with van der Waals surface area (Å²) in [6.07, 6.45) is 0. The number of nitrogen functional groups attached to an aromatic ring is 1. The Hall–Kier alpha value is -2.57. The summed E-state index contributed by atoms with van der Waals surface area (Å²) in [5.41, 5.74) is 5.82. The van der Waals surface area contributed by atoms with Crippen LogP contribution in [0, 0.1) is 0 Å². The minimum absolute atomic E-state index is 0.274. The summed E-state index contributed by atoms with van der Waals surface area (Å²) in [6, 6.07) is 5.43. The van der Waals surface area contributed by atoms with Gasteiger partial charge in [0.25, 0.3) is 5.91 Å². The van der Waals surface area contributed by atoms with Crippen LogP contribution >= 0.6 is 0 Å². The molecule has 0 fully saturated rings. The van der Waals surface area contributed by atoms with Crippen LogP contribution in [0.1, 0.15) is 31.1 Å². The molecule has 0 aromatic heterocycles. The molecule has 7 heteroatoms. The van der Waals surface area contributed by atoms with Gasteiger partial charge >= 0.3 is 12.0 Å². The van der Waals surface area contributed by atoms with Crippen molar-refractivity contribution < 1.29 is 19.1 Å². The van der Waals surface area contributed by atoms with Gasteiger partial charge in [-0.15, -0.1) is 0 Å². The fraction of sp³-hybridized carbons (Fsp3) is 0.357. The van der Waals surface area contributed by atoms with E-state index in [1.165, 1.54) is 12.1 Å². The average molecular weight is 293 g/mol. The number of imide groups is 1. The van der Waals surface area contributed by atoms with E-state index < -0.39 is 30.1 Å². The molecule has 4 N–H and O–H groups in total. The Bertz CT molecular complexity index is 532. The first-order chi connectivity index (χ1) is 9.67. The summed E-state index contributed by atoms with van der Waals surface area (Å²) in [6.45, 7) is 4.79. The van der Waals surface area contributed by atoms with Crippen LogP contribution < -0.4 is 16.4 Å². The van der Waals surface area contributed by atoms with E-state index in [2.05, 4.69) is 10.6 Å². The highest BCUT2D eigenvalue weighted by Crippen LogP contribution is 2.06. The number of nitrogens with one attached hydrogen (secondary N) is 2. The van der Waals surface area contributed by atoms with Crippen LogP contribution in [-0.4, -0.2) is 30.1 Å². The quantitative estimate of drug-likeness (QED) is 0.570. The zero-order chi connectivity index (χ0) is 16.0. The van der Waals surface area contributed by atoms with E-state index in [-0.39, 0.29) is 5.56 Å². The lowest BCUT2D eigenvalue weighted by atomic mass is 10.1. The molecule has 1 rings (SSSR count). The van der Waals surface area contributed by atoms with Gasteiger partial charge in [-0.2, -0.15) is 0 Å². The number of hydrogen-bond donors (Lipinski definition) is 3. The fourth-order valence-corrected chi connectivity index (χ4v) is 1.37. The Morgan fingerprint density at radius 1 is 1.14 bits per heavy atom. The first kappa shape index (κ1) is 16.5. The van der Waals surface area contributed by atoms with Gasteiger partial charge in [-0.1, -0.05) is 0 Å². The summed E-state index contributed by atoms with van der Waals surface area (Å²) in [4.78, 5) is 34.5. The molecule has 1 aromatic rings. The third-order valence-corrected chi connectivity index (χ3v) is 2.22. The number of ether oxygens (including phenoxy) is 1. The highest BCUT2D eigenvalue weighted by Gasteiger charge is 2.16. The van der Waals surface area contributed by atoms with Gasteiger partial charge in [-0.3, -0.25) is 10.1 Å². The highest BCUT2D eigenvalue weighted by molar-refractivity contribution is 5.97. The van der Waals surface area contributed by atoms with E-state index >= 15 is 0 Å². The predicted octanol–water partition coefficient (Wildman–Crippen LogP) is 1.05. The summed E-state index contributed by atoms with van der Waals surface area (Å²) in [5, 5.41) is 4.62. The Morgan fingerprint density at radius 2 is 1.71 bits per heavy atom. The van der Waals surface area contributed by atoms with Crippen LogP contribution in [0.5, 0.6) is 0 Å². The topological polar surface area (TPSA) is 111 Å². The molecule has 0 aliphatic carbocycles. The molecule has 0 spiro atoms. The lowest BCUT2D eigenvalue weighted by molar-refractivity contribution is -0.123. The molecular formula is C14H19N3O4. The Labute approximate surface area is 122 Å². The first-order valence-corrected chi connectivity index (χ1v) is 6.32. The standard InChI is InChI=1S/C14H19N3O4/c1-14(2,3)17-13(20)16-11(18)8-21-12(19)9-4-6-10(15)7-5-9/h4-7H,8,15H2,1-3H3,(H2,16,17,18,20). The van der Waals surface area contributed by atoms with Crippen molar-refractivity contribution in [3.8, 4) is 0 Å². The van der Waals surface area contributed by atoms with Crippen molar-refractivity contribution in [2.75, 3.05) is 12.3 Å². The molecule has 0 radical (unpaired) electrons. The minimum atomic E-state index is -0.708. The van der Waals surface area contributed by atoms with Crippen molar-refractivity contribution in [2.45, 2.75) is 26.3 Å². The van der Waals surface area contributed by atoms with Crippen LogP contribution in [0.3, 0.4) is 0 Å². The average Bonchev–Trinajstić information content (AvgIpc) is 2.34. The monoisotopic (exact) mass is 293 g/mol. The van der Waals surface area contributed by atoms with E-state index in [1.807, 2.05) is 0 Å². The maximum atomic E-state index is 11.6. The van der Waals surface area contributed by atoms with Crippen LogP contribution in [0.2, 0.25) is 0 Å². The molecule has 0 aliphatic heterocycles. The largest absolute Gasteiger partial charge is 0.452 e. The molecule has 0 saturated heterocycles. The van der Waals surface area contributed by atoms with Crippen molar-refractivity contribution in [2.24, 2.45) is 0 Å². The number of amides is 3. The van der Waals surface area contributed by atoms with Crippen molar-refractivity contribution >= 4 is 23.6 Å². The smallest absolute Gasteiger partial charge is 0.338 e. The number of carbonyl (C=O) groups is 3. The van der Waals surface area contributed by atoms with E-state index in [4.69, 9.17) is 10.5 Å². The molecule has 21 heavy (non-hydrogen) atoms. The summed E-state index contributed by atoms with van der Waals surface area (Å²) >= 11 is 0. The van der Waals surface area contributed by atoms with Crippen molar-refractivity contribution in [3.05, 3.63) is 29.8 Å². The number of urea groups is 1. The zero-order valence-corrected chi connectivity index (χ0v) is 12.2. The molecular weight excluding hydrogens is 274 g/mol. The maximum absolute atomic E-state index is 11.6. The van der Waals surface area contributed by atoms with E-state index in [0.29, 0.717) is 5.69 Å². The minimum Gasteiger partial charge on any atom is -0.452 e. The molecule has 3 amide bonds. The maximum Gasteiger partial charge on any atom is 0.338 e. The fourth-order valence-electron chi connectivity index (χ4n) is 1.37. The molecule has 0 unspecified atom stereocenters. The van der Waals surface area contributed by atoms with E-state index in [1.54, 1.807) is 32.9 Å². The predicted molar refractivity (Wildman–Crippen MR) is 77.6 cm³/mol. The zero-order valence-electron chi connectivity index (χ0n) is 12.2. The molecule has 1 aromatic carbocycles. The van der Waals surface area contributed by atoms with Gasteiger partial charge in [0.1, 0.15) is 0 Å². The summed E-state index contributed by atoms with van der Waals surface area (Å²) in [5.74, 6) is -1.37. The first-order valence-electron chi connectivity index (χ1n) is 6.32. The number of anilines is 1. The highest BCUT2D eigenvalue weighted by atomic mass is 16.5. The Balaban J connectivity index is 2.41. The van der Waals surface area contributed by atoms with Crippen molar-refractivity contribution in [1.82, 2.24) is 10.6 Å². The second-order valence-corrected chi connectivity index (χ2v) is 5.45. The summed E-state index contributed by atoms with van der Waals surface area (Å²) < 4.78 is 4.79. The molecule has 0 heterocycles. The SMILES string of the molecule is CC(C)(C)NC(=O)NC(=O)COC(=O)c1ccc(N)cc1. The van der Waals surface area contributed by atoms with Gasteiger partial charge in [0.2, 0.25) is 0 Å². The Kier molecular flexibility index (Phi) is 5.29. The molecule has 0 atom stereocenters. The van der Waals surface area contributed by atoms with Gasteiger partial charge in [-0.05, 0) is 45.0 Å². The Morgan fingerprint density at radius 3 is 2.24 bits per heavy atom. The number of esters is 1. The third kappa shape index (κ3) is 6.42. The second-order valence-electron chi connectivity index (χ2n) is 5.45. The molecule has 0 saturated carbocycles. The summed E-state index contributed by atoms with van der Waals surface area (Å²) in [7, 11) is 0. The molecule has 7 nitrogen and oxygen atoms in total. The van der Waals surface area contributed by atoms with Gasteiger partial charge in [0, 0.05) is 11.2 Å². The normalized spacial score (nSPS) is 10.6. The van der Waals surface area contributed by atoms with Gasteiger partial charge in [0.15, 0.2) is 6.61 Å². The lowest BCUT2D eigenvalue weighted by Gasteiger charge is -2.20. The van der Waals surface area contributed by atoms with Crippen LogP contribution in [0.25, 0.3) is 0 Å². The van der Waals surface area contributed by atoms with Gasteiger partial charge in [-0.25, -0.2) is 9.59 Å².